The molecular formula is C13H19N3O2S. The van der Waals surface area contributed by atoms with Crippen molar-refractivity contribution in [1.82, 2.24) is 15.5 Å². The van der Waals surface area contributed by atoms with Crippen molar-refractivity contribution in [2.45, 2.75) is 12.8 Å². The van der Waals surface area contributed by atoms with Crippen molar-refractivity contribution >= 4 is 23.2 Å². The normalized spacial score (nSPS) is 15.9. The summed E-state index contributed by atoms with van der Waals surface area (Å²) in [4.78, 5) is 25.5. The molecule has 6 heteroatoms. The Kier molecular flexibility index (Phi) is 5.35. The predicted octanol–water partition coefficient (Wildman–Crippen LogP) is 0.690. The number of hydrogen-bond acceptors (Lipinski definition) is 4. The average molecular weight is 281 g/mol. The van der Waals surface area contributed by atoms with Crippen LogP contribution in [0.15, 0.2) is 16.8 Å². The smallest absolute Gasteiger partial charge is 0.252 e. The summed E-state index contributed by atoms with van der Waals surface area (Å²) in [5, 5.41) is 9.71. The fraction of sp³-hybridized carbons (Fsp3) is 0.538. The molecule has 0 bridgehead atoms. The third-order valence-corrected chi connectivity index (χ3v) is 3.78. The van der Waals surface area contributed by atoms with E-state index in [9.17, 15) is 9.59 Å². The van der Waals surface area contributed by atoms with Crippen LogP contribution in [0.4, 0.5) is 0 Å². The summed E-state index contributed by atoms with van der Waals surface area (Å²) < 4.78 is 0. The molecule has 1 saturated heterocycles. The zero-order chi connectivity index (χ0) is 13.5. The second-order valence-corrected chi connectivity index (χ2v) is 5.28. The lowest BCUT2D eigenvalue weighted by molar-refractivity contribution is -0.130. The Hall–Kier alpha value is -1.40. The molecule has 1 aliphatic rings. The third kappa shape index (κ3) is 4.33. The fourth-order valence-electron chi connectivity index (χ4n) is 2.03. The van der Waals surface area contributed by atoms with Crippen LogP contribution in [-0.2, 0) is 4.79 Å². The molecule has 2 rings (SSSR count). The molecule has 0 unspecified atom stereocenters. The molecule has 0 atom stereocenters. The summed E-state index contributed by atoms with van der Waals surface area (Å²) in [6, 6.07) is 1.78. The minimum Gasteiger partial charge on any atom is -0.351 e. The maximum Gasteiger partial charge on any atom is 0.252 e. The van der Waals surface area contributed by atoms with Crippen molar-refractivity contribution in [3.05, 3.63) is 22.4 Å². The standard InChI is InChI=1S/C13H19N3O2S/c17-12(16-7-1-4-14-6-8-16)2-5-15-13(18)11-3-9-19-10-11/h3,9-10,14H,1-2,4-8H2,(H,15,18). The van der Waals surface area contributed by atoms with Crippen molar-refractivity contribution in [2.75, 3.05) is 32.7 Å². The highest BCUT2D eigenvalue weighted by atomic mass is 32.1. The van der Waals surface area contributed by atoms with Crippen LogP contribution in [0.5, 0.6) is 0 Å². The number of thiophene rings is 1. The van der Waals surface area contributed by atoms with Gasteiger partial charge in [-0.3, -0.25) is 9.59 Å². The zero-order valence-corrected chi connectivity index (χ0v) is 11.7. The lowest BCUT2D eigenvalue weighted by Gasteiger charge is -2.19. The fourth-order valence-corrected chi connectivity index (χ4v) is 2.67. The van der Waals surface area contributed by atoms with Crippen LogP contribution >= 0.6 is 11.3 Å². The first-order chi connectivity index (χ1) is 9.27. The maximum atomic E-state index is 12.0. The molecule has 19 heavy (non-hydrogen) atoms. The highest BCUT2D eigenvalue weighted by molar-refractivity contribution is 7.08. The summed E-state index contributed by atoms with van der Waals surface area (Å²) in [6.07, 6.45) is 1.36. The van der Waals surface area contributed by atoms with Gasteiger partial charge in [-0.2, -0.15) is 11.3 Å². The van der Waals surface area contributed by atoms with Crippen LogP contribution in [0.1, 0.15) is 23.2 Å². The van der Waals surface area contributed by atoms with Gasteiger partial charge in [-0.05, 0) is 24.4 Å². The first-order valence-corrected chi connectivity index (χ1v) is 7.50. The average Bonchev–Trinajstić information content (AvgIpc) is 2.81. The molecule has 1 aromatic heterocycles. The van der Waals surface area contributed by atoms with Crippen molar-refractivity contribution in [3.8, 4) is 0 Å². The van der Waals surface area contributed by atoms with E-state index in [-0.39, 0.29) is 11.8 Å². The Labute approximate surface area is 117 Å². The number of carbonyl (C=O) groups is 2. The number of amides is 2. The predicted molar refractivity (Wildman–Crippen MR) is 75.3 cm³/mol. The summed E-state index contributed by atoms with van der Waals surface area (Å²) in [6.45, 7) is 3.80. The van der Waals surface area contributed by atoms with Crippen LogP contribution in [0.2, 0.25) is 0 Å². The molecule has 1 fully saturated rings. The number of carbonyl (C=O) groups excluding carboxylic acids is 2. The van der Waals surface area contributed by atoms with Gasteiger partial charge in [0.15, 0.2) is 0 Å². The summed E-state index contributed by atoms with van der Waals surface area (Å²) in [5.74, 6) is 0.0147. The van der Waals surface area contributed by atoms with Gasteiger partial charge >= 0.3 is 0 Å². The Morgan fingerprint density at radius 3 is 3.05 bits per heavy atom. The molecule has 0 spiro atoms. The summed E-state index contributed by atoms with van der Waals surface area (Å²) in [7, 11) is 0. The molecule has 1 aliphatic heterocycles. The number of nitrogens with one attached hydrogen (secondary N) is 2. The molecule has 0 aliphatic carbocycles. The Bertz CT molecular complexity index is 412. The second-order valence-electron chi connectivity index (χ2n) is 4.50. The van der Waals surface area contributed by atoms with E-state index >= 15 is 0 Å². The number of rotatable bonds is 4. The highest BCUT2D eigenvalue weighted by Crippen LogP contribution is 2.05. The lowest BCUT2D eigenvalue weighted by Crippen LogP contribution is -2.36. The van der Waals surface area contributed by atoms with E-state index in [0.29, 0.717) is 18.5 Å². The van der Waals surface area contributed by atoms with E-state index in [1.807, 2.05) is 10.3 Å². The van der Waals surface area contributed by atoms with Gasteiger partial charge in [0.25, 0.3) is 5.91 Å². The highest BCUT2D eigenvalue weighted by Gasteiger charge is 2.15. The summed E-state index contributed by atoms with van der Waals surface area (Å²) >= 11 is 1.49. The largest absolute Gasteiger partial charge is 0.351 e. The van der Waals surface area contributed by atoms with Gasteiger partial charge in [-0.15, -0.1) is 0 Å². The van der Waals surface area contributed by atoms with Crippen LogP contribution in [-0.4, -0.2) is 49.4 Å². The molecule has 104 valence electrons. The van der Waals surface area contributed by atoms with Crippen molar-refractivity contribution < 1.29 is 9.59 Å². The van der Waals surface area contributed by atoms with Gasteiger partial charge in [-0.1, -0.05) is 0 Å². The Morgan fingerprint density at radius 2 is 2.26 bits per heavy atom. The second kappa shape index (κ2) is 7.25. The molecule has 2 N–H and O–H groups in total. The van der Waals surface area contributed by atoms with Gasteiger partial charge in [-0.25, -0.2) is 0 Å². The minimum atomic E-state index is -0.105. The molecule has 0 radical (unpaired) electrons. The molecule has 2 amide bonds. The quantitative estimate of drug-likeness (QED) is 0.853. The number of nitrogens with zero attached hydrogens (tertiary/aromatic N) is 1. The zero-order valence-electron chi connectivity index (χ0n) is 10.9. The van der Waals surface area contributed by atoms with Crippen molar-refractivity contribution in [1.29, 1.82) is 0 Å². The monoisotopic (exact) mass is 281 g/mol. The van der Waals surface area contributed by atoms with E-state index in [4.69, 9.17) is 0 Å². The first kappa shape index (κ1) is 14.0. The topological polar surface area (TPSA) is 61.4 Å². The first-order valence-electron chi connectivity index (χ1n) is 6.56. The molecule has 2 heterocycles. The molecule has 0 saturated carbocycles. The van der Waals surface area contributed by atoms with E-state index in [0.717, 1.165) is 32.6 Å². The van der Waals surface area contributed by atoms with Crippen LogP contribution in [0.3, 0.4) is 0 Å². The minimum absolute atomic E-state index is 0.105. The lowest BCUT2D eigenvalue weighted by atomic mass is 10.3. The maximum absolute atomic E-state index is 12.0. The Balaban J connectivity index is 1.70. The van der Waals surface area contributed by atoms with Crippen LogP contribution in [0.25, 0.3) is 0 Å². The third-order valence-electron chi connectivity index (χ3n) is 3.10. The van der Waals surface area contributed by atoms with E-state index in [2.05, 4.69) is 10.6 Å². The molecule has 0 aromatic carbocycles. The van der Waals surface area contributed by atoms with Crippen molar-refractivity contribution in [3.63, 3.8) is 0 Å². The summed E-state index contributed by atoms with van der Waals surface area (Å²) in [5.41, 5.74) is 0.663. The molecule has 5 nitrogen and oxygen atoms in total. The van der Waals surface area contributed by atoms with Crippen molar-refractivity contribution in [2.24, 2.45) is 0 Å². The van der Waals surface area contributed by atoms with Gasteiger partial charge in [0, 0.05) is 43.5 Å². The Morgan fingerprint density at radius 1 is 1.37 bits per heavy atom. The van der Waals surface area contributed by atoms with Gasteiger partial charge < -0.3 is 15.5 Å². The van der Waals surface area contributed by atoms with Gasteiger partial charge in [0.05, 0.1) is 0 Å². The number of hydrogen-bond donors (Lipinski definition) is 2. The molecule has 1 aromatic rings. The van der Waals surface area contributed by atoms with Gasteiger partial charge in [0.1, 0.15) is 0 Å². The SMILES string of the molecule is O=C(NCCC(=O)N1CCCNCC1)c1ccsc1. The van der Waals surface area contributed by atoms with E-state index in [1.54, 1.807) is 11.4 Å². The van der Waals surface area contributed by atoms with Crippen LogP contribution in [0, 0.1) is 0 Å². The van der Waals surface area contributed by atoms with Crippen LogP contribution < -0.4 is 10.6 Å². The van der Waals surface area contributed by atoms with E-state index < -0.39 is 0 Å². The van der Waals surface area contributed by atoms with Gasteiger partial charge in [0.2, 0.25) is 5.91 Å². The van der Waals surface area contributed by atoms with E-state index in [1.165, 1.54) is 11.3 Å². The molecular weight excluding hydrogens is 262 g/mol.